The van der Waals surface area contributed by atoms with Gasteiger partial charge in [0.25, 0.3) is 5.91 Å². The van der Waals surface area contributed by atoms with Gasteiger partial charge in [0.05, 0.1) is 16.6 Å². The molecule has 1 saturated heterocycles. The molecular weight excluding hydrogens is 621 g/mol. The zero-order chi connectivity index (χ0) is 28.0. The van der Waals surface area contributed by atoms with E-state index in [1.165, 1.54) is 40.9 Å². The molecule has 0 radical (unpaired) electrons. The van der Waals surface area contributed by atoms with E-state index in [2.05, 4.69) is 26.2 Å². The molecule has 202 valence electrons. The average molecular weight is 641 g/mol. The van der Waals surface area contributed by atoms with Crippen molar-refractivity contribution in [2.24, 2.45) is 5.92 Å². The number of thioether (sulfide) groups is 1. The van der Waals surface area contributed by atoms with Crippen molar-refractivity contribution < 1.29 is 23.5 Å². The highest BCUT2D eigenvalue weighted by molar-refractivity contribution is 9.10. The van der Waals surface area contributed by atoms with Gasteiger partial charge in [0, 0.05) is 21.0 Å². The molecule has 3 aromatic carbocycles. The topological polar surface area (TPSA) is 109 Å². The summed E-state index contributed by atoms with van der Waals surface area (Å²) in [6.07, 6.45) is 0. The Morgan fingerprint density at radius 1 is 0.975 bits per heavy atom. The number of anilines is 2. The van der Waals surface area contributed by atoms with Gasteiger partial charge >= 0.3 is 4.87 Å². The molecule has 8 nitrogen and oxygen atoms in total. The van der Waals surface area contributed by atoms with Crippen LogP contribution < -0.4 is 19.8 Å². The summed E-state index contributed by atoms with van der Waals surface area (Å²) in [5, 5.41) is 2.53. The molecule has 2 aliphatic rings. The number of H-pyrrole nitrogens is 1. The maximum absolute atomic E-state index is 13.8. The van der Waals surface area contributed by atoms with E-state index in [1.54, 1.807) is 48.5 Å². The monoisotopic (exact) mass is 639 g/mol. The molecule has 1 aromatic heterocycles. The van der Waals surface area contributed by atoms with Crippen LogP contribution in [0.4, 0.5) is 15.8 Å². The Morgan fingerprint density at radius 3 is 2.38 bits per heavy atom. The van der Waals surface area contributed by atoms with Crippen molar-refractivity contribution in [2.45, 2.75) is 16.2 Å². The van der Waals surface area contributed by atoms with Gasteiger partial charge in [-0.1, -0.05) is 51.2 Å². The number of amides is 3. The number of fused-ring (bicyclic) bond motifs is 2. The number of aromatic amines is 1. The number of benzene rings is 3. The number of thiazole rings is 1. The van der Waals surface area contributed by atoms with E-state index in [0.29, 0.717) is 27.0 Å². The number of nitrogens with one attached hydrogen (secondary N) is 2. The first-order valence-corrected chi connectivity index (χ1v) is 14.6. The molecule has 40 heavy (non-hydrogen) atoms. The fourth-order valence-electron chi connectivity index (χ4n) is 4.87. The fourth-order valence-corrected chi connectivity index (χ4v) is 7.65. The van der Waals surface area contributed by atoms with Gasteiger partial charge in [-0.3, -0.25) is 19.2 Å². The highest BCUT2D eigenvalue weighted by Crippen LogP contribution is 2.53. The van der Waals surface area contributed by atoms with Gasteiger partial charge in [-0.15, -0.1) is 0 Å². The molecule has 2 N–H and O–H groups in total. The quantitative estimate of drug-likeness (QED) is 0.283. The molecule has 6 rings (SSSR count). The second-order valence-electron chi connectivity index (χ2n) is 9.15. The predicted octanol–water partition coefficient (Wildman–Crippen LogP) is 5.15. The highest BCUT2D eigenvalue weighted by atomic mass is 79.9. The third-order valence-corrected chi connectivity index (χ3v) is 9.58. The first-order valence-electron chi connectivity index (χ1n) is 12.1. The number of carbonyl (C=O) groups is 3. The van der Waals surface area contributed by atoms with Gasteiger partial charge in [0.15, 0.2) is 6.61 Å². The molecule has 3 heterocycles. The van der Waals surface area contributed by atoms with E-state index in [-0.39, 0.29) is 23.3 Å². The molecule has 0 spiro atoms. The van der Waals surface area contributed by atoms with Crippen LogP contribution in [0, 0.1) is 11.7 Å². The Kier molecular flexibility index (Phi) is 7.07. The van der Waals surface area contributed by atoms with Gasteiger partial charge in [0.2, 0.25) is 11.8 Å². The normalized spacial score (nSPS) is 19.8. The summed E-state index contributed by atoms with van der Waals surface area (Å²) >= 11 is 5.64. The molecule has 3 unspecified atom stereocenters. The van der Waals surface area contributed by atoms with Crippen LogP contribution in [0.3, 0.4) is 0 Å². The van der Waals surface area contributed by atoms with Gasteiger partial charge in [-0.05, 0) is 66.2 Å². The smallest absolute Gasteiger partial charge is 0.305 e. The van der Waals surface area contributed by atoms with Crippen LogP contribution in [0.15, 0.2) is 87.1 Å². The first-order chi connectivity index (χ1) is 19.3. The average Bonchev–Trinajstić information content (AvgIpc) is 3.44. The standard InChI is InChI=1S/C28H19BrFN3O5S2/c29-15-3-9-18(10-4-15)33-26(35)22-21(23-25(32-28(37)40-23)39-24(22)27(33)36)14-1-11-19(12-2-14)38-13-20(34)31-17-7-5-16(30)6-8-17/h1-12,21-22,24H,13H2,(H,31,34)(H,32,37). The minimum absolute atomic E-state index is 0.251. The van der Waals surface area contributed by atoms with Crippen molar-refractivity contribution in [3.8, 4) is 5.75 Å². The van der Waals surface area contributed by atoms with Gasteiger partial charge in [-0.2, -0.15) is 0 Å². The number of rotatable bonds is 6. The number of imide groups is 1. The zero-order valence-corrected chi connectivity index (χ0v) is 23.6. The number of carbonyl (C=O) groups excluding carboxylic acids is 3. The van der Waals surface area contributed by atoms with Crippen LogP contribution in [0.25, 0.3) is 0 Å². The van der Waals surface area contributed by atoms with Crippen molar-refractivity contribution in [1.82, 2.24) is 4.98 Å². The summed E-state index contributed by atoms with van der Waals surface area (Å²) in [6.45, 7) is -0.264. The molecule has 3 atom stereocenters. The second-order valence-corrected chi connectivity index (χ2v) is 12.2. The lowest BCUT2D eigenvalue weighted by Crippen LogP contribution is -2.32. The van der Waals surface area contributed by atoms with Crippen molar-refractivity contribution in [1.29, 1.82) is 0 Å². The lowest BCUT2D eigenvalue weighted by molar-refractivity contribution is -0.122. The number of ether oxygens (including phenoxy) is 1. The molecule has 0 bridgehead atoms. The van der Waals surface area contributed by atoms with Crippen LogP contribution in [0.1, 0.15) is 16.4 Å². The third-order valence-electron chi connectivity index (χ3n) is 6.65. The van der Waals surface area contributed by atoms with Crippen molar-refractivity contribution in [2.75, 3.05) is 16.8 Å². The van der Waals surface area contributed by atoms with Crippen LogP contribution in [-0.4, -0.2) is 34.6 Å². The summed E-state index contributed by atoms with van der Waals surface area (Å²) in [4.78, 5) is 56.3. The number of aromatic nitrogens is 1. The van der Waals surface area contributed by atoms with E-state index in [0.717, 1.165) is 21.4 Å². The molecule has 2 aliphatic heterocycles. The van der Waals surface area contributed by atoms with Crippen LogP contribution >= 0.6 is 39.0 Å². The first kappa shape index (κ1) is 26.5. The Hall–Kier alpha value is -3.74. The fraction of sp³-hybridized carbons (Fsp3) is 0.143. The van der Waals surface area contributed by atoms with Crippen LogP contribution in [0.2, 0.25) is 0 Å². The van der Waals surface area contributed by atoms with E-state index >= 15 is 0 Å². The lowest BCUT2D eigenvalue weighted by Gasteiger charge is -2.29. The Bertz CT molecular complexity index is 1670. The summed E-state index contributed by atoms with van der Waals surface area (Å²) in [5.41, 5.74) is 1.68. The number of hydrogen-bond acceptors (Lipinski definition) is 7. The van der Waals surface area contributed by atoms with E-state index < -0.39 is 28.8 Å². The molecule has 1 fully saturated rings. The largest absolute Gasteiger partial charge is 0.484 e. The molecule has 4 aromatic rings. The highest BCUT2D eigenvalue weighted by Gasteiger charge is 2.56. The summed E-state index contributed by atoms with van der Waals surface area (Å²) in [6, 6.07) is 19.3. The minimum atomic E-state index is -0.701. The number of halogens is 2. The second kappa shape index (κ2) is 10.7. The number of hydrogen-bond donors (Lipinski definition) is 2. The van der Waals surface area contributed by atoms with Gasteiger partial charge in [0.1, 0.15) is 16.8 Å². The van der Waals surface area contributed by atoms with E-state index in [9.17, 15) is 23.6 Å². The summed E-state index contributed by atoms with van der Waals surface area (Å²) in [5.74, 6) is -2.25. The molecule has 12 heteroatoms. The third kappa shape index (κ3) is 4.98. The van der Waals surface area contributed by atoms with E-state index in [4.69, 9.17) is 4.74 Å². The van der Waals surface area contributed by atoms with Crippen LogP contribution in [-0.2, 0) is 14.4 Å². The lowest BCUT2D eigenvalue weighted by atomic mass is 9.83. The van der Waals surface area contributed by atoms with Gasteiger partial charge in [-0.25, -0.2) is 9.29 Å². The molecule has 0 aliphatic carbocycles. The van der Waals surface area contributed by atoms with E-state index in [1.807, 2.05) is 0 Å². The molecule has 0 saturated carbocycles. The Labute approximate surface area is 243 Å². The van der Waals surface area contributed by atoms with Gasteiger partial charge < -0.3 is 15.0 Å². The summed E-state index contributed by atoms with van der Waals surface area (Å²) in [7, 11) is 0. The van der Waals surface area contributed by atoms with Crippen molar-refractivity contribution >= 4 is 68.1 Å². The Balaban J connectivity index is 1.24. The predicted molar refractivity (Wildman–Crippen MR) is 154 cm³/mol. The molecular formula is C28H19BrFN3O5S2. The number of nitrogens with zero attached hydrogens (tertiary/aromatic N) is 1. The van der Waals surface area contributed by atoms with Crippen molar-refractivity contribution in [3.05, 3.63) is 103 Å². The maximum Gasteiger partial charge on any atom is 0.305 e. The SMILES string of the molecule is O=C(COc1ccc(C2c3sc(=O)[nH]c3SC3C(=O)N(c4ccc(Br)cc4)C(=O)C32)cc1)Nc1ccc(F)cc1. The zero-order valence-electron chi connectivity index (χ0n) is 20.4. The maximum atomic E-state index is 13.8. The van der Waals surface area contributed by atoms with Crippen molar-refractivity contribution in [3.63, 3.8) is 0 Å². The summed E-state index contributed by atoms with van der Waals surface area (Å²) < 4.78 is 19.5. The molecule has 3 amide bonds. The minimum Gasteiger partial charge on any atom is -0.484 e. The Morgan fingerprint density at radius 2 is 1.68 bits per heavy atom. The van der Waals surface area contributed by atoms with Crippen LogP contribution in [0.5, 0.6) is 5.75 Å².